The second kappa shape index (κ2) is 5.33. The van der Waals surface area contributed by atoms with E-state index in [0.29, 0.717) is 5.92 Å². The molecule has 5 heteroatoms. The first-order valence-corrected chi connectivity index (χ1v) is 6.38. The lowest BCUT2D eigenvalue weighted by Gasteiger charge is -2.34. The molecule has 1 aromatic heterocycles. The topological polar surface area (TPSA) is 55.9 Å². The molecule has 18 heavy (non-hydrogen) atoms. The molecule has 0 saturated carbocycles. The van der Waals surface area contributed by atoms with Crippen molar-refractivity contribution in [1.29, 1.82) is 10.8 Å². The highest BCUT2D eigenvalue weighted by molar-refractivity contribution is 5.79. The van der Waals surface area contributed by atoms with Crippen molar-refractivity contribution in [1.82, 2.24) is 9.47 Å². The fraction of sp³-hybridized carbons (Fsp3) is 0.538. The van der Waals surface area contributed by atoms with E-state index in [0.717, 1.165) is 25.9 Å². The SMILES string of the molecule is CC[C@@H]1CCCN(C(=N)n2cc(F)ccc2=N)C1. The first-order valence-electron chi connectivity index (χ1n) is 6.38. The molecule has 0 aliphatic carbocycles. The first-order chi connectivity index (χ1) is 8.61. The largest absolute Gasteiger partial charge is 0.342 e. The molecule has 4 nitrogen and oxygen atoms in total. The summed E-state index contributed by atoms with van der Waals surface area (Å²) in [4.78, 5) is 1.94. The van der Waals surface area contributed by atoms with E-state index in [-0.39, 0.29) is 11.4 Å². The van der Waals surface area contributed by atoms with Gasteiger partial charge in [0.15, 0.2) is 0 Å². The zero-order valence-corrected chi connectivity index (χ0v) is 10.6. The summed E-state index contributed by atoms with van der Waals surface area (Å²) in [5.74, 6) is 0.389. The van der Waals surface area contributed by atoms with E-state index in [1.54, 1.807) is 0 Å². The van der Waals surface area contributed by atoms with Gasteiger partial charge < -0.3 is 4.90 Å². The third-order valence-corrected chi connectivity index (χ3v) is 3.54. The van der Waals surface area contributed by atoms with Gasteiger partial charge in [-0.05, 0) is 30.9 Å². The van der Waals surface area contributed by atoms with Gasteiger partial charge in [-0.25, -0.2) is 4.39 Å². The number of aromatic nitrogens is 1. The van der Waals surface area contributed by atoms with Crippen LogP contribution in [-0.2, 0) is 0 Å². The lowest BCUT2D eigenvalue weighted by atomic mass is 9.96. The van der Waals surface area contributed by atoms with Gasteiger partial charge in [-0.2, -0.15) is 0 Å². The molecule has 0 amide bonds. The predicted octanol–water partition coefficient (Wildman–Crippen LogP) is 2.01. The van der Waals surface area contributed by atoms with Gasteiger partial charge >= 0.3 is 0 Å². The molecule has 2 N–H and O–H groups in total. The van der Waals surface area contributed by atoms with Gasteiger partial charge in [-0.15, -0.1) is 0 Å². The molecule has 1 fully saturated rings. The Bertz CT molecular complexity index is 494. The number of nitrogens with one attached hydrogen (secondary N) is 2. The molecule has 2 heterocycles. The summed E-state index contributed by atoms with van der Waals surface area (Å²) in [6, 6.07) is 2.63. The van der Waals surface area contributed by atoms with Crippen molar-refractivity contribution in [2.75, 3.05) is 13.1 Å². The summed E-state index contributed by atoms with van der Waals surface area (Å²) in [6.45, 7) is 3.81. The molecule has 0 radical (unpaired) electrons. The van der Waals surface area contributed by atoms with Crippen LogP contribution in [0.2, 0.25) is 0 Å². The van der Waals surface area contributed by atoms with Crippen LogP contribution in [0, 0.1) is 22.6 Å². The molecule has 98 valence electrons. The maximum Gasteiger partial charge on any atom is 0.203 e. The molecule has 0 aromatic carbocycles. The van der Waals surface area contributed by atoms with Crippen molar-refractivity contribution in [2.24, 2.45) is 5.92 Å². The Morgan fingerprint density at radius 2 is 2.28 bits per heavy atom. The molecular weight excluding hydrogens is 231 g/mol. The highest BCUT2D eigenvalue weighted by Crippen LogP contribution is 2.19. The minimum Gasteiger partial charge on any atom is -0.342 e. The highest BCUT2D eigenvalue weighted by atomic mass is 19.1. The fourth-order valence-corrected chi connectivity index (χ4v) is 2.39. The van der Waals surface area contributed by atoms with Gasteiger partial charge in [0.05, 0.1) is 0 Å². The standard InChI is InChI=1S/C13H19FN4/c1-2-10-4-3-7-17(8-10)13(16)18-9-11(14)5-6-12(18)15/h5-6,9-10,15-16H,2-4,7-8H2,1H3/t10-/m1/s1. The fourth-order valence-electron chi connectivity index (χ4n) is 2.39. The molecule has 1 aliphatic heterocycles. The van der Waals surface area contributed by atoms with Gasteiger partial charge in [-0.1, -0.05) is 13.3 Å². The maximum atomic E-state index is 13.2. The molecular formula is C13H19FN4. The number of rotatable bonds is 1. The quantitative estimate of drug-likeness (QED) is 0.581. The van der Waals surface area contributed by atoms with Crippen molar-refractivity contribution in [2.45, 2.75) is 26.2 Å². The average Bonchev–Trinajstić information content (AvgIpc) is 2.41. The Kier molecular flexibility index (Phi) is 3.79. The van der Waals surface area contributed by atoms with E-state index in [4.69, 9.17) is 10.8 Å². The lowest BCUT2D eigenvalue weighted by Crippen LogP contribution is -2.45. The molecule has 0 unspecified atom stereocenters. The zero-order chi connectivity index (χ0) is 13.1. The number of likely N-dealkylation sites (tertiary alicyclic amines) is 1. The van der Waals surface area contributed by atoms with Crippen molar-refractivity contribution in [3.63, 3.8) is 0 Å². The van der Waals surface area contributed by atoms with E-state index in [1.807, 2.05) is 4.90 Å². The number of hydrogen-bond acceptors (Lipinski definition) is 2. The highest BCUT2D eigenvalue weighted by Gasteiger charge is 2.21. The van der Waals surface area contributed by atoms with Crippen LogP contribution in [0.5, 0.6) is 0 Å². The minimum atomic E-state index is -0.417. The monoisotopic (exact) mass is 250 g/mol. The van der Waals surface area contributed by atoms with Crippen LogP contribution in [0.15, 0.2) is 18.3 Å². The Morgan fingerprint density at radius 1 is 1.50 bits per heavy atom. The van der Waals surface area contributed by atoms with E-state index in [9.17, 15) is 4.39 Å². The molecule has 0 spiro atoms. The van der Waals surface area contributed by atoms with Gasteiger partial charge in [0.2, 0.25) is 5.96 Å². The summed E-state index contributed by atoms with van der Waals surface area (Å²) in [5, 5.41) is 15.9. The summed E-state index contributed by atoms with van der Waals surface area (Å²) in [7, 11) is 0. The van der Waals surface area contributed by atoms with Crippen LogP contribution in [0.1, 0.15) is 26.2 Å². The minimum absolute atomic E-state index is 0.139. The predicted molar refractivity (Wildman–Crippen MR) is 68.0 cm³/mol. The molecule has 1 aliphatic rings. The Balaban J connectivity index is 2.20. The summed E-state index contributed by atoms with van der Waals surface area (Å²) in [6.07, 6.45) is 4.57. The first kappa shape index (κ1) is 12.8. The van der Waals surface area contributed by atoms with Gasteiger partial charge in [-0.3, -0.25) is 15.4 Å². The summed E-state index contributed by atoms with van der Waals surface area (Å²) in [5.41, 5.74) is 0.139. The number of hydrogen-bond donors (Lipinski definition) is 2. The number of halogens is 1. The maximum absolute atomic E-state index is 13.2. The van der Waals surface area contributed by atoms with Crippen molar-refractivity contribution < 1.29 is 4.39 Å². The molecule has 1 atom stereocenters. The van der Waals surface area contributed by atoms with Crippen molar-refractivity contribution >= 4 is 5.96 Å². The van der Waals surface area contributed by atoms with E-state index in [1.165, 1.54) is 29.3 Å². The number of nitrogens with zero attached hydrogens (tertiary/aromatic N) is 2. The van der Waals surface area contributed by atoms with Gasteiger partial charge in [0.25, 0.3) is 0 Å². The number of piperidine rings is 1. The normalized spacial score (nSPS) is 19.9. The molecule has 0 bridgehead atoms. The second-order valence-electron chi connectivity index (χ2n) is 4.79. The summed E-state index contributed by atoms with van der Waals surface area (Å²) < 4.78 is 14.5. The Morgan fingerprint density at radius 3 is 3.00 bits per heavy atom. The van der Waals surface area contributed by atoms with E-state index in [2.05, 4.69) is 6.92 Å². The summed E-state index contributed by atoms with van der Waals surface area (Å²) >= 11 is 0. The molecule has 2 rings (SSSR count). The number of pyridine rings is 1. The third kappa shape index (κ3) is 2.60. The Labute approximate surface area is 106 Å². The van der Waals surface area contributed by atoms with Crippen molar-refractivity contribution in [3.8, 4) is 0 Å². The lowest BCUT2D eigenvalue weighted by molar-refractivity contribution is 0.246. The molecule has 1 aromatic rings. The third-order valence-electron chi connectivity index (χ3n) is 3.54. The van der Waals surface area contributed by atoms with Crippen LogP contribution in [-0.4, -0.2) is 28.5 Å². The van der Waals surface area contributed by atoms with Gasteiger partial charge in [0, 0.05) is 19.3 Å². The molecule has 1 saturated heterocycles. The van der Waals surface area contributed by atoms with Crippen LogP contribution < -0.4 is 5.49 Å². The van der Waals surface area contributed by atoms with Crippen LogP contribution in [0.4, 0.5) is 4.39 Å². The smallest absolute Gasteiger partial charge is 0.203 e. The van der Waals surface area contributed by atoms with Crippen molar-refractivity contribution in [3.05, 3.63) is 29.6 Å². The second-order valence-corrected chi connectivity index (χ2v) is 4.79. The Hall–Kier alpha value is -1.65. The van der Waals surface area contributed by atoms with Crippen LogP contribution in [0.25, 0.3) is 0 Å². The van der Waals surface area contributed by atoms with Crippen LogP contribution in [0.3, 0.4) is 0 Å². The van der Waals surface area contributed by atoms with E-state index >= 15 is 0 Å². The average molecular weight is 250 g/mol. The van der Waals surface area contributed by atoms with Crippen LogP contribution >= 0.6 is 0 Å². The zero-order valence-electron chi connectivity index (χ0n) is 10.6. The van der Waals surface area contributed by atoms with Gasteiger partial charge in [0.1, 0.15) is 11.3 Å². The van der Waals surface area contributed by atoms with E-state index < -0.39 is 5.82 Å².